The molecule has 0 aromatic heterocycles. The third kappa shape index (κ3) is 2.88. The summed E-state index contributed by atoms with van der Waals surface area (Å²) in [4.78, 5) is 0. The molecule has 0 aliphatic heterocycles. The zero-order chi connectivity index (χ0) is 9.73. The van der Waals surface area contributed by atoms with Gasteiger partial charge in [0.1, 0.15) is 0 Å². The average Bonchev–Trinajstić information content (AvgIpc) is 2.13. The third-order valence-electron chi connectivity index (χ3n) is 3.13. The third-order valence-corrected chi connectivity index (χ3v) is 4.57. The molecule has 1 rings (SSSR count). The van der Waals surface area contributed by atoms with E-state index in [1.807, 2.05) is 11.8 Å². The Balaban J connectivity index is 2.21. The zero-order valence-electron chi connectivity index (χ0n) is 9.01. The first-order valence-corrected chi connectivity index (χ1v) is 6.75. The van der Waals surface area contributed by atoms with E-state index in [0.29, 0.717) is 0 Å². The van der Waals surface area contributed by atoms with Crippen LogP contribution in [0.3, 0.4) is 0 Å². The first kappa shape index (κ1) is 11.4. The van der Waals surface area contributed by atoms with Crippen molar-refractivity contribution in [1.82, 2.24) is 0 Å². The van der Waals surface area contributed by atoms with Gasteiger partial charge in [0.25, 0.3) is 0 Å². The molecule has 1 aliphatic carbocycles. The van der Waals surface area contributed by atoms with Crippen molar-refractivity contribution in [2.24, 2.45) is 11.7 Å². The second-order valence-corrected chi connectivity index (χ2v) is 5.42. The Kier molecular flexibility index (Phi) is 4.60. The number of hydrogen-bond acceptors (Lipinski definition) is 2. The van der Waals surface area contributed by atoms with Crippen LogP contribution in [0, 0.1) is 5.92 Å². The van der Waals surface area contributed by atoms with Crippen LogP contribution in [0.5, 0.6) is 0 Å². The minimum absolute atomic E-state index is 0.204. The average molecular weight is 201 g/mol. The van der Waals surface area contributed by atoms with Gasteiger partial charge in [-0.05, 0) is 37.4 Å². The number of rotatable bonds is 6. The van der Waals surface area contributed by atoms with E-state index >= 15 is 0 Å². The maximum Gasteiger partial charge on any atom is 0.0274 e. The monoisotopic (exact) mass is 201 g/mol. The van der Waals surface area contributed by atoms with Crippen LogP contribution in [-0.2, 0) is 0 Å². The fraction of sp³-hybridized carbons (Fsp3) is 1.00. The lowest BCUT2D eigenvalue weighted by atomic mass is 9.66. The van der Waals surface area contributed by atoms with Gasteiger partial charge in [-0.25, -0.2) is 0 Å². The molecule has 0 amide bonds. The summed E-state index contributed by atoms with van der Waals surface area (Å²) < 4.78 is 0. The summed E-state index contributed by atoms with van der Waals surface area (Å²) >= 11 is 2.04. The maximum absolute atomic E-state index is 6.35. The second-order valence-electron chi connectivity index (χ2n) is 4.31. The van der Waals surface area contributed by atoms with E-state index in [2.05, 4.69) is 13.8 Å². The van der Waals surface area contributed by atoms with Crippen LogP contribution < -0.4 is 5.73 Å². The largest absolute Gasteiger partial charge is 0.324 e. The molecule has 2 atom stereocenters. The first-order valence-electron chi connectivity index (χ1n) is 5.59. The van der Waals surface area contributed by atoms with Crippen molar-refractivity contribution >= 4 is 11.8 Å². The van der Waals surface area contributed by atoms with E-state index in [-0.39, 0.29) is 5.54 Å². The van der Waals surface area contributed by atoms with Gasteiger partial charge in [0.2, 0.25) is 0 Å². The van der Waals surface area contributed by atoms with Crippen LogP contribution in [0.25, 0.3) is 0 Å². The standard InChI is InChI=1S/C11H23NS/c1-3-5-10-6-7-11(10,12)9-13-8-4-2/h10H,3-9,12H2,1-2H3/t10?,11-/m0/s1. The van der Waals surface area contributed by atoms with Gasteiger partial charge in [-0.3, -0.25) is 0 Å². The lowest BCUT2D eigenvalue weighted by molar-refractivity contribution is 0.141. The van der Waals surface area contributed by atoms with E-state index < -0.39 is 0 Å². The van der Waals surface area contributed by atoms with Crippen molar-refractivity contribution in [3.05, 3.63) is 0 Å². The van der Waals surface area contributed by atoms with Crippen molar-refractivity contribution in [2.75, 3.05) is 11.5 Å². The highest BCUT2D eigenvalue weighted by molar-refractivity contribution is 7.99. The van der Waals surface area contributed by atoms with Crippen molar-refractivity contribution in [2.45, 2.75) is 51.5 Å². The van der Waals surface area contributed by atoms with E-state index in [9.17, 15) is 0 Å². The predicted octanol–water partition coefficient (Wildman–Crippen LogP) is 3.04. The fourth-order valence-electron chi connectivity index (χ4n) is 2.10. The number of nitrogens with two attached hydrogens (primary N) is 1. The summed E-state index contributed by atoms with van der Waals surface area (Å²) in [6.45, 7) is 4.50. The van der Waals surface area contributed by atoms with Crippen LogP contribution in [0.4, 0.5) is 0 Å². The van der Waals surface area contributed by atoms with Crippen LogP contribution >= 0.6 is 11.8 Å². The van der Waals surface area contributed by atoms with Gasteiger partial charge in [-0.15, -0.1) is 0 Å². The predicted molar refractivity (Wildman–Crippen MR) is 62.2 cm³/mol. The first-order chi connectivity index (χ1) is 6.23. The maximum atomic E-state index is 6.35. The minimum atomic E-state index is 0.204. The molecule has 0 spiro atoms. The normalized spacial score (nSPS) is 33.0. The Labute approximate surface area is 86.8 Å². The Morgan fingerprint density at radius 2 is 2.15 bits per heavy atom. The van der Waals surface area contributed by atoms with Gasteiger partial charge in [0.05, 0.1) is 0 Å². The molecule has 13 heavy (non-hydrogen) atoms. The van der Waals surface area contributed by atoms with Crippen molar-refractivity contribution in [1.29, 1.82) is 0 Å². The highest BCUT2D eigenvalue weighted by Gasteiger charge is 2.41. The van der Waals surface area contributed by atoms with Gasteiger partial charge in [0, 0.05) is 11.3 Å². The summed E-state index contributed by atoms with van der Waals surface area (Å²) in [6, 6.07) is 0. The van der Waals surface area contributed by atoms with Crippen molar-refractivity contribution in [3.8, 4) is 0 Å². The van der Waals surface area contributed by atoms with Gasteiger partial charge in [0.15, 0.2) is 0 Å². The van der Waals surface area contributed by atoms with Gasteiger partial charge in [-0.2, -0.15) is 11.8 Å². The van der Waals surface area contributed by atoms with Crippen LogP contribution in [0.15, 0.2) is 0 Å². The zero-order valence-corrected chi connectivity index (χ0v) is 9.83. The van der Waals surface area contributed by atoms with E-state index in [0.717, 1.165) is 5.92 Å². The lowest BCUT2D eigenvalue weighted by Crippen LogP contribution is -2.57. The molecule has 1 unspecified atom stereocenters. The molecule has 1 fully saturated rings. The quantitative estimate of drug-likeness (QED) is 0.668. The minimum Gasteiger partial charge on any atom is -0.324 e. The number of thioether (sulfide) groups is 1. The van der Waals surface area contributed by atoms with Crippen molar-refractivity contribution in [3.63, 3.8) is 0 Å². The molecular weight excluding hydrogens is 178 g/mol. The van der Waals surface area contributed by atoms with Crippen LogP contribution in [0.1, 0.15) is 46.0 Å². The molecule has 0 saturated heterocycles. The Morgan fingerprint density at radius 3 is 2.62 bits per heavy atom. The van der Waals surface area contributed by atoms with Gasteiger partial charge < -0.3 is 5.73 Å². The summed E-state index contributed by atoms with van der Waals surface area (Å²) in [7, 11) is 0. The lowest BCUT2D eigenvalue weighted by Gasteiger charge is -2.47. The Morgan fingerprint density at radius 1 is 1.38 bits per heavy atom. The molecule has 2 N–H and O–H groups in total. The number of hydrogen-bond donors (Lipinski definition) is 1. The van der Waals surface area contributed by atoms with Crippen LogP contribution in [-0.4, -0.2) is 17.0 Å². The molecule has 78 valence electrons. The summed E-state index contributed by atoms with van der Waals surface area (Å²) in [6.07, 6.45) is 6.54. The van der Waals surface area contributed by atoms with E-state index in [1.165, 1.54) is 43.6 Å². The van der Waals surface area contributed by atoms with Crippen LogP contribution in [0.2, 0.25) is 0 Å². The topological polar surface area (TPSA) is 26.0 Å². The summed E-state index contributed by atoms with van der Waals surface area (Å²) in [5.74, 6) is 3.28. The molecule has 0 heterocycles. The smallest absolute Gasteiger partial charge is 0.0274 e. The molecule has 0 aromatic carbocycles. The molecule has 0 aromatic rings. The second kappa shape index (κ2) is 5.26. The summed E-state index contributed by atoms with van der Waals surface area (Å²) in [5, 5.41) is 0. The molecule has 1 nitrogen and oxygen atoms in total. The molecule has 1 aliphatic rings. The van der Waals surface area contributed by atoms with Gasteiger partial charge in [-0.1, -0.05) is 20.3 Å². The molecular formula is C11H23NS. The molecule has 1 saturated carbocycles. The highest BCUT2D eigenvalue weighted by Crippen LogP contribution is 2.41. The van der Waals surface area contributed by atoms with E-state index in [4.69, 9.17) is 5.73 Å². The van der Waals surface area contributed by atoms with E-state index in [1.54, 1.807) is 0 Å². The molecule has 0 bridgehead atoms. The summed E-state index contributed by atoms with van der Waals surface area (Å²) in [5.41, 5.74) is 6.56. The fourth-order valence-corrected chi connectivity index (χ4v) is 3.29. The highest BCUT2D eigenvalue weighted by atomic mass is 32.2. The Bertz CT molecular complexity index is 149. The SMILES string of the molecule is CCCSC[C@@]1(N)CCC1CCC. The molecule has 2 heteroatoms. The van der Waals surface area contributed by atoms with Gasteiger partial charge >= 0.3 is 0 Å². The Hall–Kier alpha value is 0.310. The van der Waals surface area contributed by atoms with Crippen molar-refractivity contribution < 1.29 is 0 Å². The molecule has 0 radical (unpaired) electrons.